The molecule has 4 nitrogen and oxygen atoms in total. The number of anilines is 6. The van der Waals surface area contributed by atoms with Crippen molar-refractivity contribution in [3.63, 3.8) is 0 Å². The third-order valence-corrected chi connectivity index (χ3v) is 14.1. The lowest BCUT2D eigenvalue weighted by molar-refractivity contribution is 0.444. The van der Waals surface area contributed by atoms with Gasteiger partial charge in [-0.05, 0) is 142 Å². The highest BCUT2D eigenvalue weighted by Gasteiger charge is 2.44. The van der Waals surface area contributed by atoms with Crippen LogP contribution in [0, 0.1) is 0 Å². The quantitative estimate of drug-likeness (QED) is 0.163. The number of rotatable bonds is 5. The van der Waals surface area contributed by atoms with E-state index < -0.39 is 0 Å². The Balaban J connectivity index is 1.27. The van der Waals surface area contributed by atoms with E-state index in [1.54, 1.807) is 0 Å². The van der Waals surface area contributed by atoms with Gasteiger partial charge >= 0.3 is 0 Å². The van der Waals surface area contributed by atoms with Gasteiger partial charge in [0.2, 0.25) is 0 Å². The molecule has 0 saturated heterocycles. The van der Waals surface area contributed by atoms with Crippen LogP contribution in [0.1, 0.15) is 140 Å². The summed E-state index contributed by atoms with van der Waals surface area (Å²) >= 11 is 0. The fourth-order valence-electron chi connectivity index (χ4n) is 10.8. The number of fused-ring (bicyclic) bond motifs is 4. The van der Waals surface area contributed by atoms with Crippen LogP contribution in [-0.4, -0.2) is 16.7 Å². The van der Waals surface area contributed by atoms with Gasteiger partial charge in [0.15, 0.2) is 5.82 Å². The van der Waals surface area contributed by atoms with Crippen LogP contribution in [-0.2, 0) is 10.8 Å². The minimum absolute atomic E-state index is 0.0604. The molecule has 0 unspecified atom stereocenters. The van der Waals surface area contributed by atoms with Gasteiger partial charge < -0.3 is 9.80 Å². The zero-order chi connectivity index (χ0) is 40.5. The maximum atomic E-state index is 4.85. The number of hydrogen-bond donors (Lipinski definition) is 0. The first-order valence-electron chi connectivity index (χ1n) is 22.6. The van der Waals surface area contributed by atoms with Gasteiger partial charge in [0.05, 0.1) is 0 Å². The molecule has 0 N–H and O–H groups in total. The molecule has 2 saturated carbocycles. The van der Waals surface area contributed by atoms with Crippen molar-refractivity contribution in [2.45, 2.75) is 128 Å². The molecule has 2 fully saturated rings. The summed E-state index contributed by atoms with van der Waals surface area (Å²) in [7, 11) is 0. The molecule has 3 heterocycles. The van der Waals surface area contributed by atoms with Crippen molar-refractivity contribution >= 4 is 57.2 Å². The van der Waals surface area contributed by atoms with E-state index in [2.05, 4.69) is 148 Å². The number of hydrogen-bond acceptors (Lipinski definition) is 4. The molecule has 2 aliphatic carbocycles. The second-order valence-corrected chi connectivity index (χ2v) is 20.0. The van der Waals surface area contributed by atoms with Gasteiger partial charge in [-0.3, -0.25) is 0 Å². The number of nitrogens with zero attached hydrogens (tertiary/aromatic N) is 4. The summed E-state index contributed by atoms with van der Waals surface area (Å²) in [5, 5.41) is 0. The Morgan fingerprint density at radius 2 is 0.915 bits per heavy atom. The van der Waals surface area contributed by atoms with E-state index >= 15 is 0 Å². The highest BCUT2D eigenvalue weighted by atomic mass is 15.2. The summed E-state index contributed by atoms with van der Waals surface area (Å²) in [4.78, 5) is 14.8. The van der Waals surface area contributed by atoms with Crippen molar-refractivity contribution in [3.8, 4) is 11.4 Å². The molecule has 10 rings (SSSR count). The van der Waals surface area contributed by atoms with Crippen molar-refractivity contribution in [2.75, 3.05) is 9.80 Å². The molecule has 4 aliphatic rings. The summed E-state index contributed by atoms with van der Waals surface area (Å²) in [6, 6.07) is 40.5. The summed E-state index contributed by atoms with van der Waals surface area (Å²) in [6.45, 7) is 13.9. The molecule has 298 valence electrons. The van der Waals surface area contributed by atoms with Crippen LogP contribution >= 0.6 is 0 Å². The summed E-state index contributed by atoms with van der Waals surface area (Å²) in [6.07, 6.45) is 16.9. The van der Waals surface area contributed by atoms with Gasteiger partial charge in [-0.2, -0.15) is 0 Å². The zero-order valence-electron chi connectivity index (χ0n) is 36.1. The fourth-order valence-corrected chi connectivity index (χ4v) is 10.8. The molecule has 0 bridgehead atoms. The predicted octanol–water partition coefficient (Wildman–Crippen LogP) is 12.9. The minimum Gasteiger partial charge on any atom is -0.311 e. The first-order valence-corrected chi connectivity index (χ1v) is 22.6. The summed E-state index contributed by atoms with van der Waals surface area (Å²) in [5.74, 6) is 1.97. The van der Waals surface area contributed by atoms with E-state index in [0.29, 0.717) is 11.8 Å². The lowest BCUT2D eigenvalue weighted by Gasteiger charge is -2.45. The largest absolute Gasteiger partial charge is 0.311 e. The summed E-state index contributed by atoms with van der Waals surface area (Å²) < 4.78 is 0. The van der Waals surface area contributed by atoms with Crippen molar-refractivity contribution in [2.24, 2.45) is 0 Å². The van der Waals surface area contributed by atoms with Gasteiger partial charge in [0, 0.05) is 52.1 Å². The normalized spacial score (nSPS) is 17.1. The van der Waals surface area contributed by atoms with Gasteiger partial charge in [-0.1, -0.05) is 129 Å². The van der Waals surface area contributed by atoms with E-state index in [9.17, 15) is 0 Å². The van der Waals surface area contributed by atoms with Crippen molar-refractivity contribution < 1.29 is 0 Å². The maximum absolute atomic E-state index is 4.85. The molecule has 1 aromatic heterocycles. The summed E-state index contributed by atoms with van der Waals surface area (Å²) in [5.41, 5.74) is 18.4. The molecule has 59 heavy (non-hydrogen) atoms. The van der Waals surface area contributed by atoms with Crippen LogP contribution in [0.3, 0.4) is 0 Å². The van der Waals surface area contributed by atoms with Crippen molar-refractivity contribution in [3.05, 3.63) is 138 Å². The first kappa shape index (κ1) is 38.1. The average molecular weight is 775 g/mol. The Hall–Kier alpha value is -5.16. The topological polar surface area (TPSA) is 32.3 Å². The van der Waals surface area contributed by atoms with Crippen LogP contribution in [0.4, 0.5) is 34.1 Å². The molecule has 0 radical (unpaired) electrons. The van der Waals surface area contributed by atoms with Crippen molar-refractivity contribution in [1.29, 1.82) is 0 Å². The molecule has 5 aromatic carbocycles. The van der Waals surface area contributed by atoms with E-state index in [4.69, 9.17) is 9.97 Å². The third-order valence-electron chi connectivity index (χ3n) is 14.1. The highest BCUT2D eigenvalue weighted by molar-refractivity contribution is 7.00. The second kappa shape index (κ2) is 14.8. The van der Waals surface area contributed by atoms with Crippen molar-refractivity contribution in [1.82, 2.24) is 9.97 Å². The van der Waals surface area contributed by atoms with Crippen LogP contribution in [0.2, 0.25) is 0 Å². The lowest BCUT2D eigenvalue weighted by atomic mass is 9.33. The van der Waals surface area contributed by atoms with Gasteiger partial charge in [-0.25, -0.2) is 9.97 Å². The Morgan fingerprint density at radius 1 is 0.492 bits per heavy atom. The Labute approximate surface area is 353 Å². The minimum atomic E-state index is 0.0604. The Kier molecular flexibility index (Phi) is 9.57. The number of aromatic nitrogens is 2. The molecule has 0 atom stereocenters. The van der Waals surface area contributed by atoms with E-state index in [0.717, 1.165) is 11.4 Å². The monoisotopic (exact) mass is 774 g/mol. The van der Waals surface area contributed by atoms with E-state index in [1.165, 1.54) is 137 Å². The molecule has 5 heteroatoms. The van der Waals surface area contributed by atoms with E-state index in [1.807, 2.05) is 18.5 Å². The Bertz CT molecular complexity index is 2330. The average Bonchev–Trinajstić information content (AvgIpc) is 3.26. The molecule has 0 spiro atoms. The molecular weight excluding hydrogens is 715 g/mol. The smallest absolute Gasteiger partial charge is 0.252 e. The Morgan fingerprint density at radius 3 is 1.32 bits per heavy atom. The molecule has 0 amide bonds. The van der Waals surface area contributed by atoms with Crippen LogP contribution in [0.25, 0.3) is 11.4 Å². The number of benzene rings is 5. The third kappa shape index (κ3) is 6.89. The molecular formula is C54H59BN4. The molecule has 2 aliphatic heterocycles. The fraction of sp³-hybridized carbons (Fsp3) is 0.370. The zero-order valence-corrected chi connectivity index (χ0v) is 36.1. The second-order valence-electron chi connectivity index (χ2n) is 20.0. The maximum Gasteiger partial charge on any atom is 0.252 e. The lowest BCUT2D eigenvalue weighted by Crippen LogP contribution is -2.61. The van der Waals surface area contributed by atoms with E-state index in [-0.39, 0.29) is 17.5 Å². The first-order chi connectivity index (χ1) is 28.5. The standard InChI is InChI=1S/C54H59BN4/c1-53(2,3)41-20-24-43(25-21-41)58-47-28-18-38(36-14-9-7-10-15-36)32-45(47)55-46-33-39(37-16-11-8-12-17-37)19-29-48(46)59(44-26-22-42(23-27-44)54(4,5)6)50-35-40(34-49(58)51(50)55)52-56-30-13-31-57-52/h13,18-37H,7-12,14-17H2,1-6H3. The molecule has 6 aromatic rings. The SMILES string of the molecule is CC(C)(C)c1ccc(N2c3ccc(C4CCCCC4)cc3B3c4cc(C5CCCCC5)ccc4N(c4ccc(C(C)(C)C)cc4)c4cc(-c5ncccn5)cc2c43)cc1. The van der Waals surface area contributed by atoms with Crippen LogP contribution < -0.4 is 26.2 Å². The van der Waals surface area contributed by atoms with Crippen LogP contribution in [0.5, 0.6) is 0 Å². The van der Waals surface area contributed by atoms with Gasteiger partial charge in [0.25, 0.3) is 6.71 Å². The predicted molar refractivity (Wildman–Crippen MR) is 251 cm³/mol. The van der Waals surface area contributed by atoms with Crippen LogP contribution in [0.15, 0.2) is 116 Å². The van der Waals surface area contributed by atoms with Gasteiger partial charge in [0.1, 0.15) is 0 Å². The van der Waals surface area contributed by atoms with Gasteiger partial charge in [-0.15, -0.1) is 0 Å². The highest BCUT2D eigenvalue weighted by Crippen LogP contribution is 2.47.